The molecular weight excluding hydrogens is 338 g/mol. The summed E-state index contributed by atoms with van der Waals surface area (Å²) in [6, 6.07) is 8.18. The molecule has 3 aliphatic carbocycles. The number of hydrogen-bond acceptors (Lipinski definition) is 3. The molecule has 1 saturated carbocycles. The predicted molar refractivity (Wildman–Crippen MR) is 104 cm³/mol. The normalized spacial score (nSPS) is 29.5. The molecule has 4 atom stereocenters. The number of fused-ring (bicyclic) bond motifs is 2. The Morgan fingerprint density at radius 2 is 1.70 bits per heavy atom. The summed E-state index contributed by atoms with van der Waals surface area (Å²) >= 11 is 0. The molecule has 1 aliphatic heterocycles. The smallest absolute Gasteiger partial charge is 0.254 e. The van der Waals surface area contributed by atoms with E-state index < -0.39 is 0 Å². The average Bonchev–Trinajstić information content (AvgIpc) is 3.13. The number of aromatic nitrogens is 1. The Labute approximate surface area is 158 Å². The summed E-state index contributed by atoms with van der Waals surface area (Å²) in [5.41, 5.74) is 3.22. The number of hydrogen-bond donors (Lipinski definition) is 0. The Kier molecular flexibility index (Phi) is 3.61. The van der Waals surface area contributed by atoms with E-state index in [1.54, 1.807) is 6.21 Å². The molecule has 6 rings (SSSR count). The highest BCUT2D eigenvalue weighted by molar-refractivity contribution is 6.07. The molecule has 5 heteroatoms. The van der Waals surface area contributed by atoms with Crippen LogP contribution in [0.4, 0.5) is 0 Å². The second kappa shape index (κ2) is 5.91. The van der Waals surface area contributed by atoms with Gasteiger partial charge in [0.1, 0.15) is 0 Å². The maximum Gasteiger partial charge on any atom is 0.254 e. The second-order valence-electron chi connectivity index (χ2n) is 7.83. The third kappa shape index (κ3) is 2.20. The Balaban J connectivity index is 1.52. The summed E-state index contributed by atoms with van der Waals surface area (Å²) < 4.78 is 2.23. The molecule has 1 aromatic carbocycles. The van der Waals surface area contributed by atoms with E-state index in [1.165, 1.54) is 0 Å². The van der Waals surface area contributed by atoms with Crippen LogP contribution in [-0.2, 0) is 16.1 Å². The number of amides is 2. The number of benzene rings is 1. The molecule has 5 nitrogen and oxygen atoms in total. The molecule has 2 aromatic rings. The first kappa shape index (κ1) is 16.5. The number of hydrazone groups is 1. The van der Waals surface area contributed by atoms with Crippen molar-refractivity contribution >= 4 is 28.9 Å². The minimum absolute atomic E-state index is 0.128. The lowest BCUT2D eigenvalue weighted by Crippen LogP contribution is -2.38. The quantitative estimate of drug-likeness (QED) is 0.477. The van der Waals surface area contributed by atoms with Crippen LogP contribution in [0, 0.1) is 30.6 Å². The van der Waals surface area contributed by atoms with E-state index in [9.17, 15) is 9.59 Å². The van der Waals surface area contributed by atoms with Gasteiger partial charge >= 0.3 is 0 Å². The Bertz CT molecular complexity index is 984. The molecule has 0 N–H and O–H groups in total. The monoisotopic (exact) mass is 361 g/mol. The molecule has 4 aliphatic rings. The third-order valence-corrected chi connectivity index (χ3v) is 6.63. The number of carbonyl (C=O) groups is 2. The topological polar surface area (TPSA) is 54.7 Å². The fraction of sp³-hybridized carbons (Fsp3) is 0.409. The number of imide groups is 1. The third-order valence-electron chi connectivity index (χ3n) is 6.63. The minimum Gasteiger partial charge on any atom is -0.344 e. The summed E-state index contributed by atoms with van der Waals surface area (Å²) in [4.78, 5) is 25.8. The van der Waals surface area contributed by atoms with Gasteiger partial charge in [-0.25, -0.2) is 0 Å². The van der Waals surface area contributed by atoms with Gasteiger partial charge in [0.25, 0.3) is 11.8 Å². The van der Waals surface area contributed by atoms with Crippen LogP contribution < -0.4 is 0 Å². The van der Waals surface area contributed by atoms with Gasteiger partial charge in [-0.15, -0.1) is 0 Å². The van der Waals surface area contributed by atoms with Gasteiger partial charge in [-0.05, 0) is 44.6 Å². The lowest BCUT2D eigenvalue weighted by molar-refractivity contribution is -0.140. The van der Waals surface area contributed by atoms with Gasteiger partial charge in [0.05, 0.1) is 18.1 Å². The first-order valence-corrected chi connectivity index (χ1v) is 9.79. The second-order valence-corrected chi connectivity index (χ2v) is 7.83. The largest absolute Gasteiger partial charge is 0.344 e. The van der Waals surface area contributed by atoms with Crippen LogP contribution in [0.2, 0.25) is 0 Å². The highest BCUT2D eigenvalue weighted by Gasteiger charge is 2.56. The predicted octanol–water partition coefficient (Wildman–Crippen LogP) is 3.50. The van der Waals surface area contributed by atoms with E-state index >= 15 is 0 Å². The van der Waals surface area contributed by atoms with Crippen LogP contribution in [0.3, 0.4) is 0 Å². The molecule has 2 amide bonds. The van der Waals surface area contributed by atoms with E-state index in [0.717, 1.165) is 46.6 Å². The Morgan fingerprint density at radius 1 is 1.07 bits per heavy atom. The molecule has 1 saturated heterocycles. The molecular formula is C22H23N3O2. The molecule has 2 fully saturated rings. The molecule has 1 aromatic heterocycles. The van der Waals surface area contributed by atoms with Crippen LogP contribution in [-0.4, -0.2) is 27.6 Å². The van der Waals surface area contributed by atoms with Crippen molar-refractivity contribution in [1.29, 1.82) is 0 Å². The highest BCUT2D eigenvalue weighted by Crippen LogP contribution is 2.49. The van der Waals surface area contributed by atoms with Crippen molar-refractivity contribution in [2.24, 2.45) is 28.8 Å². The highest BCUT2D eigenvalue weighted by atomic mass is 16.2. The minimum atomic E-state index is -0.212. The molecule has 2 heterocycles. The van der Waals surface area contributed by atoms with E-state index in [4.69, 9.17) is 0 Å². The van der Waals surface area contributed by atoms with Gasteiger partial charge in [0.2, 0.25) is 0 Å². The number of aryl methyl sites for hydroxylation is 1. The van der Waals surface area contributed by atoms with Crippen LogP contribution in [0.5, 0.6) is 0 Å². The van der Waals surface area contributed by atoms with Crippen molar-refractivity contribution in [1.82, 2.24) is 9.58 Å². The first-order chi connectivity index (χ1) is 13.1. The number of para-hydroxylation sites is 1. The van der Waals surface area contributed by atoms with Gasteiger partial charge in [-0.3, -0.25) is 9.59 Å². The summed E-state index contributed by atoms with van der Waals surface area (Å²) in [5, 5.41) is 6.64. The molecule has 0 radical (unpaired) electrons. The standard InChI is InChI=1S/C22H23N3O2/c1-3-24-13(2)17(16-6-4-5-7-18(16)24)12-23-25-21(26)19-14-8-9-15(11-10-14)20(19)22(25)27/h4-9,12,14-15,19-20H,3,10-11H2,1-2H3/b23-12-/t14-,15-,19+,20+/m0/s1. The molecule has 138 valence electrons. The van der Waals surface area contributed by atoms with Crippen molar-refractivity contribution < 1.29 is 9.59 Å². The van der Waals surface area contributed by atoms with Gasteiger partial charge in [0, 0.05) is 28.7 Å². The van der Waals surface area contributed by atoms with Crippen molar-refractivity contribution in [2.45, 2.75) is 33.2 Å². The fourth-order valence-corrected chi connectivity index (χ4v) is 5.32. The number of allylic oxidation sites excluding steroid dienone is 2. The zero-order valence-corrected chi connectivity index (χ0v) is 15.6. The zero-order valence-electron chi connectivity index (χ0n) is 15.6. The molecule has 2 bridgehead atoms. The van der Waals surface area contributed by atoms with Crippen molar-refractivity contribution in [3.8, 4) is 0 Å². The molecule has 27 heavy (non-hydrogen) atoms. The lowest BCUT2D eigenvalue weighted by atomic mass is 9.63. The van der Waals surface area contributed by atoms with E-state index in [0.29, 0.717) is 0 Å². The van der Waals surface area contributed by atoms with Gasteiger partial charge in [-0.1, -0.05) is 30.4 Å². The van der Waals surface area contributed by atoms with E-state index in [-0.39, 0.29) is 35.5 Å². The number of nitrogens with zero attached hydrogens (tertiary/aromatic N) is 3. The van der Waals surface area contributed by atoms with Crippen LogP contribution in [0.1, 0.15) is 31.0 Å². The molecule has 0 unspecified atom stereocenters. The fourth-order valence-electron chi connectivity index (χ4n) is 5.32. The van der Waals surface area contributed by atoms with Gasteiger partial charge in [0.15, 0.2) is 0 Å². The van der Waals surface area contributed by atoms with Crippen molar-refractivity contribution in [3.05, 3.63) is 47.7 Å². The van der Waals surface area contributed by atoms with Gasteiger partial charge in [-0.2, -0.15) is 10.1 Å². The average molecular weight is 361 g/mol. The van der Waals surface area contributed by atoms with E-state index in [2.05, 4.69) is 47.8 Å². The summed E-state index contributed by atoms with van der Waals surface area (Å²) in [5.74, 6) is -0.289. The van der Waals surface area contributed by atoms with E-state index in [1.807, 2.05) is 12.1 Å². The SMILES string of the molecule is CCn1c(C)c(/C=N\N2C(=O)[C@H]3[C@H](C2=O)[C@H]2C=C[C@H]3CC2)c2ccccc21. The summed E-state index contributed by atoms with van der Waals surface area (Å²) in [6.45, 7) is 5.03. The first-order valence-electron chi connectivity index (χ1n) is 9.79. The van der Waals surface area contributed by atoms with Crippen molar-refractivity contribution in [3.63, 3.8) is 0 Å². The maximum absolute atomic E-state index is 12.9. The lowest BCUT2D eigenvalue weighted by Gasteiger charge is -2.37. The Hall–Kier alpha value is -2.69. The number of carbonyl (C=O) groups excluding carboxylic acids is 2. The Morgan fingerprint density at radius 3 is 2.30 bits per heavy atom. The number of rotatable bonds is 3. The zero-order chi connectivity index (χ0) is 18.7. The summed E-state index contributed by atoms with van der Waals surface area (Å²) in [6.07, 6.45) is 7.97. The summed E-state index contributed by atoms with van der Waals surface area (Å²) in [7, 11) is 0. The maximum atomic E-state index is 12.9. The van der Waals surface area contributed by atoms with Crippen molar-refractivity contribution in [2.75, 3.05) is 0 Å². The van der Waals surface area contributed by atoms with Gasteiger partial charge < -0.3 is 4.57 Å². The van der Waals surface area contributed by atoms with Crippen LogP contribution in [0.15, 0.2) is 41.5 Å². The van der Waals surface area contributed by atoms with Crippen LogP contribution >= 0.6 is 0 Å². The molecule has 0 spiro atoms. The van der Waals surface area contributed by atoms with Crippen LogP contribution in [0.25, 0.3) is 10.9 Å².